The zero-order valence-electron chi connectivity index (χ0n) is 12.3. The van der Waals surface area contributed by atoms with E-state index in [0.717, 1.165) is 31.2 Å². The van der Waals surface area contributed by atoms with Crippen molar-refractivity contribution in [1.29, 1.82) is 0 Å². The van der Waals surface area contributed by atoms with E-state index in [1.807, 2.05) is 25.1 Å². The minimum atomic E-state index is -0.370. The molecule has 0 aromatic heterocycles. The molecular weight excluding hydrogens is 250 g/mol. The van der Waals surface area contributed by atoms with Crippen molar-refractivity contribution in [3.05, 3.63) is 35.9 Å². The molecule has 1 aromatic rings. The van der Waals surface area contributed by atoms with Crippen molar-refractivity contribution >= 4 is 5.91 Å². The van der Waals surface area contributed by atoms with Gasteiger partial charge in [-0.1, -0.05) is 49.6 Å². The predicted octanol–water partition coefficient (Wildman–Crippen LogP) is 2.73. The number of benzene rings is 1. The van der Waals surface area contributed by atoms with Gasteiger partial charge in [0.2, 0.25) is 5.91 Å². The van der Waals surface area contributed by atoms with E-state index in [4.69, 9.17) is 0 Å². The molecule has 1 aliphatic rings. The highest BCUT2D eigenvalue weighted by molar-refractivity contribution is 5.88. The SMILES string of the molecule is CCN(CCO)C(=O)C1(c2ccccc2)CCCCC1. The first kappa shape index (κ1) is 15.0. The van der Waals surface area contributed by atoms with Gasteiger partial charge in [-0.15, -0.1) is 0 Å². The van der Waals surface area contributed by atoms with Gasteiger partial charge in [0.15, 0.2) is 0 Å². The molecule has 1 aliphatic carbocycles. The van der Waals surface area contributed by atoms with Crippen LogP contribution in [0.15, 0.2) is 30.3 Å². The number of rotatable bonds is 5. The van der Waals surface area contributed by atoms with E-state index < -0.39 is 0 Å². The highest BCUT2D eigenvalue weighted by atomic mass is 16.3. The van der Waals surface area contributed by atoms with Gasteiger partial charge in [-0.3, -0.25) is 4.79 Å². The van der Waals surface area contributed by atoms with Crippen LogP contribution >= 0.6 is 0 Å². The predicted molar refractivity (Wildman–Crippen MR) is 80.5 cm³/mol. The van der Waals surface area contributed by atoms with Gasteiger partial charge in [0.05, 0.1) is 12.0 Å². The summed E-state index contributed by atoms with van der Waals surface area (Å²) in [6.45, 7) is 3.11. The standard InChI is InChI=1S/C17H25NO2/c1-2-18(13-14-19)16(20)17(11-7-4-8-12-17)15-9-5-3-6-10-15/h3,5-6,9-10,19H,2,4,7-8,11-14H2,1H3. The Kier molecular flexibility index (Phi) is 5.18. The number of nitrogens with zero attached hydrogens (tertiary/aromatic N) is 1. The first-order chi connectivity index (χ1) is 9.74. The second-order valence-electron chi connectivity index (χ2n) is 5.62. The summed E-state index contributed by atoms with van der Waals surface area (Å²) in [5.74, 6) is 0.194. The zero-order valence-corrected chi connectivity index (χ0v) is 12.3. The lowest BCUT2D eigenvalue weighted by Crippen LogP contribution is -2.48. The molecule has 0 radical (unpaired) electrons. The van der Waals surface area contributed by atoms with Gasteiger partial charge in [-0.05, 0) is 25.3 Å². The van der Waals surface area contributed by atoms with Crippen LogP contribution in [0.2, 0.25) is 0 Å². The first-order valence-electron chi connectivity index (χ1n) is 7.70. The maximum absolute atomic E-state index is 13.1. The molecule has 0 spiro atoms. The normalized spacial score (nSPS) is 17.7. The van der Waals surface area contributed by atoms with E-state index in [9.17, 15) is 9.90 Å². The van der Waals surface area contributed by atoms with Crippen LogP contribution in [0.1, 0.15) is 44.6 Å². The van der Waals surface area contributed by atoms with Crippen LogP contribution in [0.5, 0.6) is 0 Å². The molecule has 2 rings (SSSR count). The lowest BCUT2D eigenvalue weighted by atomic mass is 9.68. The van der Waals surface area contributed by atoms with Crippen molar-refractivity contribution in [2.75, 3.05) is 19.7 Å². The summed E-state index contributed by atoms with van der Waals surface area (Å²) >= 11 is 0. The van der Waals surface area contributed by atoms with Gasteiger partial charge in [-0.2, -0.15) is 0 Å². The average Bonchev–Trinajstić information content (AvgIpc) is 2.53. The topological polar surface area (TPSA) is 40.5 Å². The fourth-order valence-electron chi connectivity index (χ4n) is 3.37. The Balaban J connectivity index is 2.34. The van der Waals surface area contributed by atoms with Gasteiger partial charge in [0.1, 0.15) is 0 Å². The van der Waals surface area contributed by atoms with E-state index in [1.54, 1.807) is 4.90 Å². The number of likely N-dealkylation sites (N-methyl/N-ethyl adjacent to an activating group) is 1. The summed E-state index contributed by atoms with van der Waals surface area (Å²) in [6, 6.07) is 10.2. The monoisotopic (exact) mass is 275 g/mol. The van der Waals surface area contributed by atoms with Crippen LogP contribution in [0.3, 0.4) is 0 Å². The molecule has 20 heavy (non-hydrogen) atoms. The third-order valence-corrected chi connectivity index (χ3v) is 4.48. The largest absolute Gasteiger partial charge is 0.395 e. The van der Waals surface area contributed by atoms with Crippen molar-refractivity contribution in [1.82, 2.24) is 4.90 Å². The molecule has 1 fully saturated rings. The molecule has 1 aromatic carbocycles. The molecular formula is C17H25NO2. The van der Waals surface area contributed by atoms with Gasteiger partial charge in [-0.25, -0.2) is 0 Å². The number of carbonyl (C=O) groups excluding carboxylic acids is 1. The summed E-state index contributed by atoms with van der Waals surface area (Å²) < 4.78 is 0. The van der Waals surface area contributed by atoms with Gasteiger partial charge >= 0.3 is 0 Å². The molecule has 1 N–H and O–H groups in total. The lowest BCUT2D eigenvalue weighted by molar-refractivity contribution is -0.139. The van der Waals surface area contributed by atoms with Gasteiger partial charge < -0.3 is 10.0 Å². The van der Waals surface area contributed by atoms with E-state index in [1.165, 1.54) is 6.42 Å². The zero-order chi connectivity index (χ0) is 14.4. The van der Waals surface area contributed by atoms with E-state index >= 15 is 0 Å². The van der Waals surface area contributed by atoms with E-state index in [0.29, 0.717) is 13.1 Å². The Morgan fingerprint density at radius 3 is 2.40 bits per heavy atom. The molecule has 0 saturated heterocycles. The highest BCUT2D eigenvalue weighted by Crippen LogP contribution is 2.40. The Hall–Kier alpha value is -1.35. The maximum atomic E-state index is 13.1. The number of carbonyl (C=O) groups is 1. The lowest BCUT2D eigenvalue weighted by Gasteiger charge is -2.40. The Morgan fingerprint density at radius 1 is 1.20 bits per heavy atom. The molecule has 0 heterocycles. The Labute approximate surface area is 121 Å². The molecule has 0 atom stereocenters. The summed E-state index contributed by atoms with van der Waals surface area (Å²) in [4.78, 5) is 14.9. The maximum Gasteiger partial charge on any atom is 0.233 e. The minimum Gasteiger partial charge on any atom is -0.395 e. The van der Waals surface area contributed by atoms with E-state index in [-0.39, 0.29) is 17.9 Å². The summed E-state index contributed by atoms with van der Waals surface area (Å²) in [5.41, 5.74) is 0.770. The van der Waals surface area contributed by atoms with Crippen LogP contribution in [0.25, 0.3) is 0 Å². The summed E-state index contributed by atoms with van der Waals surface area (Å²) in [7, 11) is 0. The van der Waals surface area contributed by atoms with Gasteiger partial charge in [0.25, 0.3) is 0 Å². The third kappa shape index (κ3) is 2.88. The highest BCUT2D eigenvalue weighted by Gasteiger charge is 2.42. The summed E-state index contributed by atoms with van der Waals surface area (Å²) in [5, 5.41) is 9.18. The molecule has 1 amide bonds. The Morgan fingerprint density at radius 2 is 1.85 bits per heavy atom. The smallest absolute Gasteiger partial charge is 0.233 e. The quantitative estimate of drug-likeness (QED) is 0.897. The average molecular weight is 275 g/mol. The van der Waals surface area contributed by atoms with Crippen LogP contribution in [-0.2, 0) is 10.2 Å². The van der Waals surface area contributed by atoms with Crippen LogP contribution in [-0.4, -0.2) is 35.6 Å². The van der Waals surface area contributed by atoms with E-state index in [2.05, 4.69) is 12.1 Å². The molecule has 3 nitrogen and oxygen atoms in total. The number of hydrogen-bond donors (Lipinski definition) is 1. The molecule has 0 bridgehead atoms. The number of aliphatic hydroxyl groups excluding tert-OH is 1. The number of aliphatic hydroxyl groups is 1. The molecule has 1 saturated carbocycles. The molecule has 0 aliphatic heterocycles. The second-order valence-corrected chi connectivity index (χ2v) is 5.62. The van der Waals surface area contributed by atoms with Crippen LogP contribution < -0.4 is 0 Å². The third-order valence-electron chi connectivity index (χ3n) is 4.48. The van der Waals surface area contributed by atoms with Crippen LogP contribution in [0, 0.1) is 0 Å². The molecule has 3 heteroatoms. The van der Waals surface area contributed by atoms with Crippen molar-refractivity contribution < 1.29 is 9.90 Å². The number of amides is 1. The molecule has 0 unspecified atom stereocenters. The fourth-order valence-corrected chi connectivity index (χ4v) is 3.37. The van der Waals surface area contributed by atoms with Crippen molar-refractivity contribution in [2.45, 2.75) is 44.4 Å². The number of hydrogen-bond acceptors (Lipinski definition) is 2. The Bertz CT molecular complexity index is 424. The minimum absolute atomic E-state index is 0.0322. The van der Waals surface area contributed by atoms with Gasteiger partial charge in [0, 0.05) is 13.1 Å². The van der Waals surface area contributed by atoms with Crippen molar-refractivity contribution in [3.8, 4) is 0 Å². The van der Waals surface area contributed by atoms with Crippen molar-refractivity contribution in [2.24, 2.45) is 0 Å². The summed E-state index contributed by atoms with van der Waals surface area (Å²) in [6.07, 6.45) is 5.29. The molecule has 110 valence electrons. The first-order valence-corrected chi connectivity index (χ1v) is 7.70. The van der Waals surface area contributed by atoms with Crippen molar-refractivity contribution in [3.63, 3.8) is 0 Å². The second kappa shape index (κ2) is 6.89. The van der Waals surface area contributed by atoms with Crippen LogP contribution in [0.4, 0.5) is 0 Å². The fraction of sp³-hybridized carbons (Fsp3) is 0.588.